The van der Waals surface area contributed by atoms with Gasteiger partial charge >= 0.3 is 0 Å². The van der Waals surface area contributed by atoms with Gasteiger partial charge in [-0.2, -0.15) is 0 Å². The molecule has 7 nitrogen and oxygen atoms in total. The minimum absolute atomic E-state index is 0.0422. The molecule has 0 amide bonds. The number of hydrogen-bond acceptors (Lipinski definition) is 5. The Hall–Kier alpha value is -3.26. The predicted molar refractivity (Wildman–Crippen MR) is 113 cm³/mol. The number of halogens is 1. The number of ketones is 1. The van der Waals surface area contributed by atoms with Crippen molar-refractivity contribution in [2.24, 2.45) is 0 Å². The third kappa shape index (κ3) is 3.15. The molecule has 0 aliphatic rings. The highest BCUT2D eigenvalue weighted by molar-refractivity contribution is 9.10. The van der Waals surface area contributed by atoms with Gasteiger partial charge in [0.25, 0.3) is 0 Å². The Labute approximate surface area is 174 Å². The molecule has 148 valence electrons. The van der Waals surface area contributed by atoms with Crippen LogP contribution in [0.4, 0.5) is 0 Å². The monoisotopic (exact) mass is 455 g/mol. The molecule has 0 aliphatic carbocycles. The standard InChI is InChI=1S/C21H18BrN3O4/c1-2-3-17(27)18-19(11-4-7-16(26)13(22)8-11)25(21(29)20(18)28)12-5-6-14-15(9-12)24-10-23-14/h4-10,26,28-29H,2-3H2,1H3,(H,23,24). The lowest BCUT2D eigenvalue weighted by atomic mass is 10.0. The van der Waals surface area contributed by atoms with Crippen LogP contribution >= 0.6 is 15.9 Å². The van der Waals surface area contributed by atoms with E-state index in [1.54, 1.807) is 36.7 Å². The Kier molecular flexibility index (Phi) is 4.79. The van der Waals surface area contributed by atoms with Gasteiger partial charge in [0.15, 0.2) is 11.5 Å². The number of carbonyl (C=O) groups is 1. The first-order valence-corrected chi connectivity index (χ1v) is 9.83. The number of carbonyl (C=O) groups excluding carboxylic acids is 1. The van der Waals surface area contributed by atoms with E-state index in [1.165, 1.54) is 10.6 Å². The van der Waals surface area contributed by atoms with E-state index in [0.717, 1.165) is 11.0 Å². The van der Waals surface area contributed by atoms with Gasteiger partial charge < -0.3 is 20.3 Å². The number of nitrogens with one attached hydrogen (secondary N) is 1. The number of rotatable bonds is 5. The number of phenolic OH excluding ortho intramolecular Hbond substituents is 1. The zero-order valence-corrected chi connectivity index (χ0v) is 17.1. The summed E-state index contributed by atoms with van der Waals surface area (Å²) in [6.07, 6.45) is 2.39. The number of benzene rings is 2. The van der Waals surface area contributed by atoms with E-state index in [1.807, 2.05) is 6.92 Å². The fraction of sp³-hybridized carbons (Fsp3) is 0.143. The molecule has 0 unspecified atom stereocenters. The molecule has 0 fully saturated rings. The lowest BCUT2D eigenvalue weighted by Gasteiger charge is -2.13. The first-order valence-electron chi connectivity index (χ1n) is 9.04. The molecule has 4 rings (SSSR count). The van der Waals surface area contributed by atoms with Crippen LogP contribution < -0.4 is 0 Å². The van der Waals surface area contributed by atoms with E-state index in [2.05, 4.69) is 25.9 Å². The Morgan fingerprint density at radius 1 is 1.17 bits per heavy atom. The molecule has 0 radical (unpaired) electrons. The van der Waals surface area contributed by atoms with Gasteiger partial charge in [0.2, 0.25) is 5.88 Å². The molecule has 2 heterocycles. The fourth-order valence-electron chi connectivity index (χ4n) is 3.41. The second kappa shape index (κ2) is 7.29. The molecule has 4 aromatic rings. The molecule has 2 aromatic carbocycles. The van der Waals surface area contributed by atoms with Crippen molar-refractivity contribution in [1.82, 2.24) is 14.5 Å². The van der Waals surface area contributed by atoms with Crippen molar-refractivity contribution in [2.45, 2.75) is 19.8 Å². The lowest BCUT2D eigenvalue weighted by Crippen LogP contribution is -2.03. The van der Waals surface area contributed by atoms with E-state index in [-0.39, 0.29) is 23.5 Å². The number of imidazole rings is 1. The number of aromatic nitrogens is 3. The van der Waals surface area contributed by atoms with Gasteiger partial charge in [-0.05, 0) is 58.7 Å². The summed E-state index contributed by atoms with van der Waals surface area (Å²) in [5.74, 6) is -1.13. The molecule has 0 saturated carbocycles. The molecule has 29 heavy (non-hydrogen) atoms. The highest BCUT2D eigenvalue weighted by atomic mass is 79.9. The van der Waals surface area contributed by atoms with Crippen molar-refractivity contribution in [3.05, 3.63) is 52.8 Å². The predicted octanol–water partition coefficient (Wildman–Crippen LogP) is 4.88. The number of aromatic amines is 1. The summed E-state index contributed by atoms with van der Waals surface area (Å²) in [7, 11) is 0. The van der Waals surface area contributed by atoms with E-state index in [9.17, 15) is 20.1 Å². The first kappa shape index (κ1) is 19.1. The molecular weight excluding hydrogens is 438 g/mol. The van der Waals surface area contributed by atoms with Gasteiger partial charge in [-0.3, -0.25) is 9.36 Å². The summed E-state index contributed by atoms with van der Waals surface area (Å²) in [5, 5.41) is 31.3. The zero-order chi connectivity index (χ0) is 20.7. The average Bonchev–Trinajstić information content (AvgIpc) is 3.26. The first-order chi connectivity index (χ1) is 13.9. The minimum Gasteiger partial charge on any atom is -0.507 e. The van der Waals surface area contributed by atoms with Crippen LogP contribution in [0.25, 0.3) is 28.0 Å². The van der Waals surface area contributed by atoms with Gasteiger partial charge in [-0.1, -0.05) is 6.92 Å². The molecule has 0 aliphatic heterocycles. The van der Waals surface area contributed by atoms with Crippen LogP contribution in [0.2, 0.25) is 0 Å². The van der Waals surface area contributed by atoms with E-state index < -0.39 is 11.6 Å². The summed E-state index contributed by atoms with van der Waals surface area (Å²) in [6, 6.07) is 10.0. The summed E-state index contributed by atoms with van der Waals surface area (Å²) in [4.78, 5) is 20.0. The third-order valence-corrected chi connectivity index (χ3v) is 5.40. The molecule has 0 spiro atoms. The SMILES string of the molecule is CCCC(=O)c1c(O)c(O)n(-c2ccc3nc[nH]c3c2)c1-c1ccc(O)c(Br)c1. The van der Waals surface area contributed by atoms with Crippen molar-refractivity contribution < 1.29 is 20.1 Å². The normalized spacial score (nSPS) is 11.2. The Balaban J connectivity index is 2.04. The second-order valence-electron chi connectivity index (χ2n) is 6.67. The lowest BCUT2D eigenvalue weighted by molar-refractivity contribution is 0.0979. The van der Waals surface area contributed by atoms with Crippen LogP contribution in [0.1, 0.15) is 30.1 Å². The number of H-pyrrole nitrogens is 1. The Morgan fingerprint density at radius 2 is 1.97 bits per heavy atom. The number of nitrogens with zero attached hydrogens (tertiary/aromatic N) is 2. The molecule has 0 atom stereocenters. The van der Waals surface area contributed by atoms with Crippen molar-refractivity contribution in [3.8, 4) is 34.3 Å². The Bertz CT molecular complexity index is 1240. The summed E-state index contributed by atoms with van der Waals surface area (Å²) < 4.78 is 1.86. The van der Waals surface area contributed by atoms with Crippen LogP contribution in [-0.4, -0.2) is 35.6 Å². The number of hydrogen-bond donors (Lipinski definition) is 4. The molecule has 4 N–H and O–H groups in total. The van der Waals surface area contributed by atoms with Crippen LogP contribution in [0.15, 0.2) is 47.2 Å². The van der Waals surface area contributed by atoms with E-state index in [4.69, 9.17) is 0 Å². The number of aromatic hydroxyl groups is 3. The molecule has 8 heteroatoms. The van der Waals surface area contributed by atoms with Gasteiger partial charge in [-0.25, -0.2) is 4.98 Å². The highest BCUT2D eigenvalue weighted by Gasteiger charge is 2.29. The molecule has 0 saturated heterocycles. The van der Waals surface area contributed by atoms with Crippen molar-refractivity contribution in [3.63, 3.8) is 0 Å². The molecular formula is C21H18BrN3O4. The van der Waals surface area contributed by atoms with Gasteiger partial charge in [-0.15, -0.1) is 0 Å². The van der Waals surface area contributed by atoms with Gasteiger partial charge in [0.1, 0.15) is 5.75 Å². The van der Waals surface area contributed by atoms with Crippen molar-refractivity contribution in [1.29, 1.82) is 0 Å². The Morgan fingerprint density at radius 3 is 2.69 bits per heavy atom. The minimum atomic E-state index is -0.465. The van der Waals surface area contributed by atoms with Gasteiger partial charge in [0, 0.05) is 12.0 Å². The maximum atomic E-state index is 12.8. The number of phenols is 1. The van der Waals surface area contributed by atoms with Crippen LogP contribution in [0, 0.1) is 0 Å². The average molecular weight is 456 g/mol. The number of Topliss-reactive ketones (excluding diaryl/α,β-unsaturated/α-hetero) is 1. The third-order valence-electron chi connectivity index (χ3n) is 4.76. The van der Waals surface area contributed by atoms with E-state index >= 15 is 0 Å². The van der Waals surface area contributed by atoms with Gasteiger partial charge in [0.05, 0.1) is 38.8 Å². The molecule has 0 bridgehead atoms. The maximum absolute atomic E-state index is 12.8. The maximum Gasteiger partial charge on any atom is 0.240 e. The smallest absolute Gasteiger partial charge is 0.240 e. The van der Waals surface area contributed by atoms with Crippen LogP contribution in [0.3, 0.4) is 0 Å². The fourth-order valence-corrected chi connectivity index (χ4v) is 3.78. The van der Waals surface area contributed by atoms with E-state index in [0.29, 0.717) is 27.8 Å². The zero-order valence-electron chi connectivity index (χ0n) is 15.5. The summed E-state index contributed by atoms with van der Waals surface area (Å²) in [6.45, 7) is 1.87. The van der Waals surface area contributed by atoms with Crippen LogP contribution in [-0.2, 0) is 0 Å². The largest absolute Gasteiger partial charge is 0.507 e. The topological polar surface area (TPSA) is 111 Å². The van der Waals surface area contributed by atoms with Crippen molar-refractivity contribution >= 4 is 32.7 Å². The quantitative estimate of drug-likeness (QED) is 0.320. The second-order valence-corrected chi connectivity index (χ2v) is 7.53. The van der Waals surface area contributed by atoms with Crippen molar-refractivity contribution in [2.75, 3.05) is 0 Å². The molecule has 2 aromatic heterocycles. The summed E-state index contributed by atoms with van der Waals surface area (Å²) in [5.41, 5.74) is 2.98. The van der Waals surface area contributed by atoms with Crippen LogP contribution in [0.5, 0.6) is 17.4 Å². The summed E-state index contributed by atoms with van der Waals surface area (Å²) >= 11 is 3.29. The highest BCUT2D eigenvalue weighted by Crippen LogP contribution is 2.45. The number of fused-ring (bicyclic) bond motifs is 1.